The summed E-state index contributed by atoms with van der Waals surface area (Å²) in [6.45, 7) is 12.2. The van der Waals surface area contributed by atoms with Gasteiger partial charge >= 0.3 is 0 Å². The van der Waals surface area contributed by atoms with E-state index in [-0.39, 0.29) is 0 Å². The third-order valence-electron chi connectivity index (χ3n) is 2.55. The Morgan fingerprint density at radius 1 is 1.42 bits per heavy atom. The van der Waals surface area contributed by atoms with Crippen molar-refractivity contribution in [3.8, 4) is 0 Å². The Balaban J connectivity index is 2.45. The zero-order chi connectivity index (χ0) is 9.14. The molecule has 0 aliphatic carbocycles. The Bertz CT molecular complexity index is 136. The number of ether oxygens (including phenoxy) is 1. The smallest absolute Gasteiger partial charge is 0.0729 e. The predicted octanol–water partition coefficient (Wildman–Crippen LogP) is 1.75. The van der Waals surface area contributed by atoms with Gasteiger partial charge in [0.15, 0.2) is 0 Å². The topological polar surface area (TPSA) is 12.5 Å². The van der Waals surface area contributed by atoms with E-state index in [4.69, 9.17) is 4.74 Å². The van der Waals surface area contributed by atoms with Crippen LogP contribution < -0.4 is 0 Å². The molecule has 2 atom stereocenters. The maximum absolute atomic E-state index is 5.84. The van der Waals surface area contributed by atoms with Gasteiger partial charge in [-0.25, -0.2) is 0 Å². The van der Waals surface area contributed by atoms with Crippen LogP contribution in [0.15, 0.2) is 0 Å². The molecular formula is C10H21NO. The zero-order valence-electron chi connectivity index (χ0n) is 8.71. The highest BCUT2D eigenvalue weighted by molar-refractivity contribution is 4.76. The molecule has 0 N–H and O–H groups in total. The van der Waals surface area contributed by atoms with Crippen molar-refractivity contribution in [3.63, 3.8) is 0 Å². The second-order valence-electron chi connectivity index (χ2n) is 4.08. The van der Waals surface area contributed by atoms with Gasteiger partial charge in [0.1, 0.15) is 0 Å². The van der Waals surface area contributed by atoms with Crippen LogP contribution in [0.4, 0.5) is 0 Å². The summed E-state index contributed by atoms with van der Waals surface area (Å²) in [6.07, 6.45) is 0.847. The van der Waals surface area contributed by atoms with Crippen LogP contribution in [0.3, 0.4) is 0 Å². The molecular weight excluding hydrogens is 150 g/mol. The number of morpholine rings is 1. The minimum absolute atomic E-state index is 0.408. The van der Waals surface area contributed by atoms with Gasteiger partial charge in [-0.3, -0.25) is 4.90 Å². The maximum Gasteiger partial charge on any atom is 0.0729 e. The lowest BCUT2D eigenvalue weighted by molar-refractivity contribution is -0.0938. The highest BCUT2D eigenvalue weighted by Crippen LogP contribution is 2.16. The highest BCUT2D eigenvalue weighted by atomic mass is 16.5. The van der Waals surface area contributed by atoms with Crippen molar-refractivity contribution in [3.05, 3.63) is 0 Å². The van der Waals surface area contributed by atoms with Gasteiger partial charge in [-0.1, -0.05) is 20.8 Å². The zero-order valence-corrected chi connectivity index (χ0v) is 8.71. The van der Waals surface area contributed by atoms with Crippen LogP contribution in [0.2, 0.25) is 0 Å². The van der Waals surface area contributed by atoms with Gasteiger partial charge in [0.25, 0.3) is 0 Å². The Morgan fingerprint density at radius 2 is 2.08 bits per heavy atom. The van der Waals surface area contributed by atoms with E-state index in [0.717, 1.165) is 19.6 Å². The average molecular weight is 171 g/mol. The van der Waals surface area contributed by atoms with E-state index in [1.54, 1.807) is 0 Å². The number of rotatable bonds is 2. The van der Waals surface area contributed by atoms with Crippen LogP contribution in [-0.4, -0.2) is 36.7 Å². The molecule has 0 aromatic rings. The van der Waals surface area contributed by atoms with Gasteiger partial charge in [-0.05, 0) is 19.4 Å². The normalized spacial score (nSPS) is 32.8. The summed E-state index contributed by atoms with van der Waals surface area (Å²) < 4.78 is 5.84. The van der Waals surface area contributed by atoms with E-state index in [0.29, 0.717) is 18.1 Å². The van der Waals surface area contributed by atoms with E-state index >= 15 is 0 Å². The highest BCUT2D eigenvalue weighted by Gasteiger charge is 2.25. The lowest BCUT2D eigenvalue weighted by atomic mass is 10.0. The first-order chi connectivity index (χ1) is 5.63. The maximum atomic E-state index is 5.84. The minimum Gasteiger partial charge on any atom is -0.372 e. The third-order valence-corrected chi connectivity index (χ3v) is 2.55. The molecule has 2 nitrogen and oxygen atoms in total. The summed E-state index contributed by atoms with van der Waals surface area (Å²) in [4.78, 5) is 2.47. The van der Waals surface area contributed by atoms with Gasteiger partial charge in [0, 0.05) is 13.1 Å². The Kier molecular flexibility index (Phi) is 3.53. The van der Waals surface area contributed by atoms with Gasteiger partial charge < -0.3 is 4.74 Å². The molecule has 0 radical (unpaired) electrons. The van der Waals surface area contributed by atoms with Crippen molar-refractivity contribution in [2.75, 3.05) is 19.6 Å². The fourth-order valence-corrected chi connectivity index (χ4v) is 1.70. The Hall–Kier alpha value is -0.0800. The molecule has 0 aromatic carbocycles. The molecule has 0 saturated carbocycles. The van der Waals surface area contributed by atoms with Crippen molar-refractivity contribution < 1.29 is 4.74 Å². The lowest BCUT2D eigenvalue weighted by Gasteiger charge is -2.38. The van der Waals surface area contributed by atoms with Crippen molar-refractivity contribution in [2.24, 2.45) is 5.92 Å². The minimum atomic E-state index is 0.408. The van der Waals surface area contributed by atoms with Crippen LogP contribution in [0, 0.1) is 5.92 Å². The molecule has 0 amide bonds. The summed E-state index contributed by atoms with van der Waals surface area (Å²) in [5, 5.41) is 0. The van der Waals surface area contributed by atoms with Gasteiger partial charge in [0.05, 0.1) is 12.2 Å². The van der Waals surface area contributed by atoms with Gasteiger partial charge in [0.2, 0.25) is 0 Å². The first kappa shape index (κ1) is 10.0. The van der Waals surface area contributed by atoms with Crippen LogP contribution in [-0.2, 0) is 4.74 Å². The van der Waals surface area contributed by atoms with E-state index in [1.165, 1.54) is 0 Å². The average Bonchev–Trinajstić information content (AvgIpc) is 2.03. The fourth-order valence-electron chi connectivity index (χ4n) is 1.70. The molecule has 12 heavy (non-hydrogen) atoms. The molecule has 1 heterocycles. The van der Waals surface area contributed by atoms with Crippen LogP contribution in [0.1, 0.15) is 27.7 Å². The Labute approximate surface area is 75.9 Å². The first-order valence-electron chi connectivity index (χ1n) is 5.01. The Morgan fingerprint density at radius 3 is 2.58 bits per heavy atom. The van der Waals surface area contributed by atoms with Crippen molar-refractivity contribution in [1.82, 2.24) is 4.90 Å². The SMILES string of the molecule is CCN1CC(C)OC(C(C)C)C1. The standard InChI is InChI=1S/C10H21NO/c1-5-11-6-9(4)12-10(7-11)8(2)3/h8-10H,5-7H2,1-4H3. The van der Waals surface area contributed by atoms with Crippen LogP contribution >= 0.6 is 0 Å². The number of hydrogen-bond acceptors (Lipinski definition) is 2. The third kappa shape index (κ3) is 2.46. The molecule has 1 aliphatic rings. The molecule has 0 aromatic heterocycles. The fraction of sp³-hybridized carbons (Fsp3) is 1.00. The summed E-state index contributed by atoms with van der Waals surface area (Å²) in [5.41, 5.74) is 0. The summed E-state index contributed by atoms with van der Waals surface area (Å²) >= 11 is 0. The van der Waals surface area contributed by atoms with Crippen molar-refractivity contribution >= 4 is 0 Å². The quantitative estimate of drug-likeness (QED) is 0.627. The van der Waals surface area contributed by atoms with Crippen molar-refractivity contribution in [2.45, 2.75) is 39.9 Å². The van der Waals surface area contributed by atoms with Crippen molar-refractivity contribution in [1.29, 1.82) is 0 Å². The predicted molar refractivity (Wildman–Crippen MR) is 51.3 cm³/mol. The molecule has 1 rings (SSSR count). The summed E-state index contributed by atoms with van der Waals surface area (Å²) in [7, 11) is 0. The van der Waals surface area contributed by atoms with Crippen LogP contribution in [0.25, 0.3) is 0 Å². The molecule has 1 saturated heterocycles. The molecule has 0 spiro atoms. The van der Waals surface area contributed by atoms with E-state index in [1.807, 2.05) is 0 Å². The molecule has 2 unspecified atom stereocenters. The number of hydrogen-bond donors (Lipinski definition) is 0. The number of likely N-dealkylation sites (N-methyl/N-ethyl adjacent to an activating group) is 1. The van der Waals surface area contributed by atoms with Gasteiger partial charge in [-0.2, -0.15) is 0 Å². The second-order valence-corrected chi connectivity index (χ2v) is 4.08. The van der Waals surface area contributed by atoms with E-state index in [2.05, 4.69) is 32.6 Å². The van der Waals surface area contributed by atoms with Gasteiger partial charge in [-0.15, -0.1) is 0 Å². The van der Waals surface area contributed by atoms with E-state index < -0.39 is 0 Å². The first-order valence-corrected chi connectivity index (χ1v) is 5.01. The lowest BCUT2D eigenvalue weighted by Crippen LogP contribution is -2.48. The number of nitrogens with zero attached hydrogens (tertiary/aromatic N) is 1. The molecule has 1 fully saturated rings. The molecule has 72 valence electrons. The monoisotopic (exact) mass is 171 g/mol. The molecule has 2 heteroatoms. The largest absolute Gasteiger partial charge is 0.372 e. The molecule has 1 aliphatic heterocycles. The van der Waals surface area contributed by atoms with Crippen LogP contribution in [0.5, 0.6) is 0 Å². The molecule has 0 bridgehead atoms. The summed E-state index contributed by atoms with van der Waals surface area (Å²) in [5.74, 6) is 0.641. The summed E-state index contributed by atoms with van der Waals surface area (Å²) in [6, 6.07) is 0. The second kappa shape index (κ2) is 4.24. The van der Waals surface area contributed by atoms with E-state index in [9.17, 15) is 0 Å².